The average Bonchev–Trinajstić information content (AvgIpc) is 3.16. The zero-order valence-corrected chi connectivity index (χ0v) is 17.8. The van der Waals surface area contributed by atoms with Crippen LogP contribution < -0.4 is 5.73 Å². The molecule has 1 aromatic rings. The van der Waals surface area contributed by atoms with Gasteiger partial charge in [-0.2, -0.15) is 0 Å². The number of nitrogens with zero attached hydrogens (tertiary/aromatic N) is 2. The van der Waals surface area contributed by atoms with Crippen LogP contribution in [0.4, 0.5) is 0 Å². The van der Waals surface area contributed by atoms with Crippen LogP contribution in [-0.4, -0.2) is 61.1 Å². The highest BCUT2D eigenvalue weighted by atomic mass is 35.5. The van der Waals surface area contributed by atoms with Gasteiger partial charge in [0, 0.05) is 19.6 Å². The minimum atomic E-state index is -0.968. The summed E-state index contributed by atoms with van der Waals surface area (Å²) in [6.07, 6.45) is 4.71. The van der Waals surface area contributed by atoms with E-state index in [-0.39, 0.29) is 36.8 Å². The van der Waals surface area contributed by atoms with Crippen molar-refractivity contribution in [3.8, 4) is 0 Å². The molecule has 0 bridgehead atoms. The van der Waals surface area contributed by atoms with Crippen molar-refractivity contribution >= 4 is 30.7 Å². The molecule has 154 valence electrons. The molecule has 1 unspecified atom stereocenters. The SMILES string of the molecule is CC(N)(C(=O)N1CCC(OCCN2CCCC2)CC1)c1ccccc1.Cl.Cl. The van der Waals surface area contributed by atoms with Crippen LogP contribution >= 0.6 is 24.8 Å². The van der Waals surface area contributed by atoms with E-state index in [9.17, 15) is 4.79 Å². The molecule has 2 aliphatic heterocycles. The fourth-order valence-electron chi connectivity index (χ4n) is 3.82. The van der Waals surface area contributed by atoms with Crippen molar-refractivity contribution in [2.75, 3.05) is 39.3 Å². The molecule has 2 heterocycles. The van der Waals surface area contributed by atoms with Gasteiger partial charge in [-0.1, -0.05) is 30.3 Å². The zero-order chi connectivity index (χ0) is 17.7. The first kappa shape index (κ1) is 24.2. The van der Waals surface area contributed by atoms with Crippen LogP contribution in [0.3, 0.4) is 0 Å². The maximum absolute atomic E-state index is 12.9. The first-order valence-electron chi connectivity index (χ1n) is 9.55. The molecule has 7 heteroatoms. The molecule has 3 rings (SSSR count). The monoisotopic (exact) mass is 417 g/mol. The fourth-order valence-corrected chi connectivity index (χ4v) is 3.82. The number of hydrogen-bond acceptors (Lipinski definition) is 4. The lowest BCUT2D eigenvalue weighted by atomic mass is 9.90. The molecule has 1 amide bonds. The second-order valence-electron chi connectivity index (χ2n) is 7.48. The first-order valence-corrected chi connectivity index (χ1v) is 9.55. The molecule has 1 atom stereocenters. The summed E-state index contributed by atoms with van der Waals surface area (Å²) in [5.74, 6) is 0.00853. The Bertz CT molecular complexity index is 558. The second-order valence-corrected chi connectivity index (χ2v) is 7.48. The molecule has 5 nitrogen and oxygen atoms in total. The predicted molar refractivity (Wildman–Crippen MR) is 114 cm³/mol. The predicted octanol–water partition coefficient (Wildman–Crippen LogP) is 2.81. The van der Waals surface area contributed by atoms with Gasteiger partial charge >= 0.3 is 0 Å². The summed E-state index contributed by atoms with van der Waals surface area (Å²) in [7, 11) is 0. The highest BCUT2D eigenvalue weighted by Gasteiger charge is 2.36. The molecule has 1 aromatic carbocycles. The van der Waals surface area contributed by atoms with E-state index in [1.54, 1.807) is 0 Å². The van der Waals surface area contributed by atoms with E-state index in [1.807, 2.05) is 42.2 Å². The average molecular weight is 418 g/mol. The lowest BCUT2D eigenvalue weighted by Gasteiger charge is -2.37. The topological polar surface area (TPSA) is 58.8 Å². The number of rotatable bonds is 6. The van der Waals surface area contributed by atoms with Gasteiger partial charge in [0.25, 0.3) is 0 Å². The zero-order valence-electron chi connectivity index (χ0n) is 16.1. The molecular formula is C20H33Cl2N3O2. The summed E-state index contributed by atoms with van der Waals surface area (Å²) in [5.41, 5.74) is 6.27. The van der Waals surface area contributed by atoms with Crippen LogP contribution in [0, 0.1) is 0 Å². The highest BCUT2D eigenvalue weighted by molar-refractivity contribution is 5.87. The van der Waals surface area contributed by atoms with E-state index in [0.717, 1.165) is 44.6 Å². The van der Waals surface area contributed by atoms with Gasteiger partial charge in [-0.3, -0.25) is 4.79 Å². The summed E-state index contributed by atoms with van der Waals surface area (Å²) in [6, 6.07) is 9.63. The molecule has 0 aliphatic carbocycles. The first-order chi connectivity index (χ1) is 12.1. The van der Waals surface area contributed by atoms with Gasteiger partial charge in [-0.25, -0.2) is 0 Å². The number of carbonyl (C=O) groups excluding carboxylic acids is 1. The Kier molecular flexibility index (Phi) is 10.1. The largest absolute Gasteiger partial charge is 0.377 e. The minimum absolute atomic E-state index is 0. The van der Waals surface area contributed by atoms with Crippen molar-refractivity contribution < 1.29 is 9.53 Å². The Morgan fingerprint density at radius 2 is 1.70 bits per heavy atom. The summed E-state index contributed by atoms with van der Waals surface area (Å²) >= 11 is 0. The summed E-state index contributed by atoms with van der Waals surface area (Å²) < 4.78 is 6.03. The number of nitrogens with two attached hydrogens (primary N) is 1. The lowest BCUT2D eigenvalue weighted by Crippen LogP contribution is -2.53. The van der Waals surface area contributed by atoms with Gasteiger partial charge in [0.2, 0.25) is 5.91 Å². The van der Waals surface area contributed by atoms with E-state index in [2.05, 4.69) is 4.90 Å². The van der Waals surface area contributed by atoms with Crippen molar-refractivity contribution in [1.29, 1.82) is 0 Å². The van der Waals surface area contributed by atoms with Gasteiger partial charge in [0.05, 0.1) is 12.7 Å². The summed E-state index contributed by atoms with van der Waals surface area (Å²) in [4.78, 5) is 17.2. The fraction of sp³-hybridized carbons (Fsp3) is 0.650. The van der Waals surface area contributed by atoms with Gasteiger partial charge in [0.15, 0.2) is 0 Å². The summed E-state index contributed by atoms with van der Waals surface area (Å²) in [5, 5.41) is 0. The standard InChI is InChI=1S/C20H31N3O2.2ClH/c1-20(21,17-7-3-2-4-8-17)19(24)23-13-9-18(10-14-23)25-16-15-22-11-5-6-12-22;;/h2-4,7-8,18H,5-6,9-16,21H2,1H3;2*1H. The van der Waals surface area contributed by atoms with Crippen LogP contribution in [0.2, 0.25) is 0 Å². The Morgan fingerprint density at radius 1 is 1.11 bits per heavy atom. The van der Waals surface area contributed by atoms with Crippen molar-refractivity contribution in [3.05, 3.63) is 35.9 Å². The number of carbonyl (C=O) groups is 1. The van der Waals surface area contributed by atoms with Gasteiger partial charge in [-0.15, -0.1) is 24.8 Å². The molecule has 0 spiro atoms. The number of piperidine rings is 1. The number of amides is 1. The number of halogens is 2. The molecular weight excluding hydrogens is 385 g/mol. The third-order valence-electron chi connectivity index (χ3n) is 5.51. The maximum Gasteiger partial charge on any atom is 0.246 e. The Hall–Kier alpha value is -0.850. The van der Waals surface area contributed by atoms with Crippen molar-refractivity contribution in [2.45, 2.75) is 44.2 Å². The van der Waals surface area contributed by atoms with E-state index < -0.39 is 5.54 Å². The molecule has 2 aliphatic rings. The van der Waals surface area contributed by atoms with Gasteiger partial charge < -0.3 is 20.3 Å². The van der Waals surface area contributed by atoms with E-state index in [1.165, 1.54) is 25.9 Å². The van der Waals surface area contributed by atoms with Crippen LogP contribution in [0.15, 0.2) is 30.3 Å². The van der Waals surface area contributed by atoms with E-state index in [0.29, 0.717) is 0 Å². The lowest BCUT2D eigenvalue weighted by molar-refractivity contribution is -0.139. The van der Waals surface area contributed by atoms with Crippen LogP contribution in [0.25, 0.3) is 0 Å². The smallest absolute Gasteiger partial charge is 0.246 e. The Morgan fingerprint density at radius 3 is 2.30 bits per heavy atom. The highest BCUT2D eigenvalue weighted by Crippen LogP contribution is 2.23. The van der Waals surface area contributed by atoms with Gasteiger partial charge in [-0.05, 0) is 51.3 Å². The van der Waals surface area contributed by atoms with Crippen LogP contribution in [0.1, 0.15) is 38.2 Å². The maximum atomic E-state index is 12.9. The number of likely N-dealkylation sites (tertiary alicyclic amines) is 2. The molecule has 0 saturated carbocycles. The Labute approximate surface area is 175 Å². The molecule has 2 N–H and O–H groups in total. The summed E-state index contributed by atoms with van der Waals surface area (Å²) in [6.45, 7) is 7.53. The van der Waals surface area contributed by atoms with Crippen molar-refractivity contribution in [2.24, 2.45) is 5.73 Å². The minimum Gasteiger partial charge on any atom is -0.377 e. The third-order valence-corrected chi connectivity index (χ3v) is 5.51. The molecule has 0 aromatic heterocycles. The number of ether oxygens (including phenoxy) is 1. The molecule has 0 radical (unpaired) electrons. The second kappa shape index (κ2) is 11.2. The van der Waals surface area contributed by atoms with Crippen molar-refractivity contribution in [1.82, 2.24) is 9.80 Å². The quantitative estimate of drug-likeness (QED) is 0.772. The molecule has 27 heavy (non-hydrogen) atoms. The normalized spacial score (nSPS) is 20.4. The van der Waals surface area contributed by atoms with Gasteiger partial charge in [0.1, 0.15) is 5.54 Å². The number of benzene rings is 1. The van der Waals surface area contributed by atoms with E-state index in [4.69, 9.17) is 10.5 Å². The Balaban J connectivity index is 0.00000182. The molecule has 2 saturated heterocycles. The van der Waals surface area contributed by atoms with Crippen LogP contribution in [-0.2, 0) is 15.1 Å². The van der Waals surface area contributed by atoms with Crippen LogP contribution in [0.5, 0.6) is 0 Å². The molecule has 2 fully saturated rings. The third kappa shape index (κ3) is 6.33. The van der Waals surface area contributed by atoms with E-state index >= 15 is 0 Å². The van der Waals surface area contributed by atoms with Crippen molar-refractivity contribution in [3.63, 3.8) is 0 Å². The number of hydrogen-bond donors (Lipinski definition) is 1.